The van der Waals surface area contributed by atoms with E-state index >= 15 is 0 Å². The molecule has 1 aliphatic rings. The summed E-state index contributed by atoms with van der Waals surface area (Å²) in [5.41, 5.74) is 1.61. The van der Waals surface area contributed by atoms with Crippen LogP contribution >= 0.6 is 0 Å². The van der Waals surface area contributed by atoms with E-state index in [9.17, 15) is 14.7 Å². The molecule has 2 amide bonds. The summed E-state index contributed by atoms with van der Waals surface area (Å²) in [4.78, 5) is 33.7. The minimum atomic E-state index is -1.11. The molecular formula is C20H22N4O5. The van der Waals surface area contributed by atoms with E-state index in [1.807, 2.05) is 0 Å². The van der Waals surface area contributed by atoms with Gasteiger partial charge in [0.25, 0.3) is 0 Å². The van der Waals surface area contributed by atoms with E-state index in [0.717, 1.165) is 16.0 Å². The van der Waals surface area contributed by atoms with Gasteiger partial charge in [-0.05, 0) is 41.8 Å². The van der Waals surface area contributed by atoms with Crippen molar-refractivity contribution in [1.82, 2.24) is 10.3 Å². The molecule has 2 N–H and O–H groups in total. The van der Waals surface area contributed by atoms with Crippen LogP contribution in [0.25, 0.3) is 0 Å². The van der Waals surface area contributed by atoms with Crippen LogP contribution in [-0.4, -0.2) is 48.6 Å². The summed E-state index contributed by atoms with van der Waals surface area (Å²) >= 11 is 0. The number of benzene rings is 1. The molecule has 1 aromatic carbocycles. The maximum atomic E-state index is 11.9. The van der Waals surface area contributed by atoms with Crippen LogP contribution in [0.1, 0.15) is 11.1 Å². The Bertz CT molecular complexity index is 900. The molecule has 2 unspecified atom stereocenters. The second-order valence-electron chi connectivity index (χ2n) is 6.52. The van der Waals surface area contributed by atoms with Crippen LogP contribution in [0.15, 0.2) is 47.8 Å². The Morgan fingerprint density at radius 3 is 2.66 bits per heavy atom. The standard InChI is InChI=1S/C20H22N4O5/c1-28-15-5-3-13(4-6-15)12-24(20(26)27)18-10-14(7-8-21-18)9-16-17(11-22-29-2)23-19(16)25/h3-8,10-11,16-17H,9,12H2,1-2H3,(H,23,25)(H,26,27). The number of anilines is 1. The van der Waals surface area contributed by atoms with Gasteiger partial charge in [0.15, 0.2) is 0 Å². The van der Waals surface area contributed by atoms with Crippen molar-refractivity contribution >= 4 is 24.0 Å². The summed E-state index contributed by atoms with van der Waals surface area (Å²) in [6.07, 6.45) is 2.42. The van der Waals surface area contributed by atoms with Crippen molar-refractivity contribution in [2.45, 2.75) is 19.0 Å². The number of oxime groups is 1. The van der Waals surface area contributed by atoms with Crippen LogP contribution in [0.3, 0.4) is 0 Å². The summed E-state index contributed by atoms with van der Waals surface area (Å²) in [5, 5.41) is 16.1. The molecule has 0 saturated carbocycles. The van der Waals surface area contributed by atoms with Gasteiger partial charge in [-0.3, -0.25) is 9.69 Å². The summed E-state index contributed by atoms with van der Waals surface area (Å²) < 4.78 is 5.12. The first-order chi connectivity index (χ1) is 14.0. The molecule has 9 heteroatoms. The van der Waals surface area contributed by atoms with Gasteiger partial charge in [-0.15, -0.1) is 0 Å². The number of hydrogen-bond acceptors (Lipinski definition) is 6. The van der Waals surface area contributed by atoms with E-state index in [4.69, 9.17) is 4.74 Å². The number of nitrogens with one attached hydrogen (secondary N) is 1. The number of carbonyl (C=O) groups is 2. The molecule has 0 radical (unpaired) electrons. The lowest BCUT2D eigenvalue weighted by Gasteiger charge is -2.34. The molecule has 3 rings (SSSR count). The average molecular weight is 398 g/mol. The van der Waals surface area contributed by atoms with Crippen molar-refractivity contribution in [3.63, 3.8) is 0 Å². The van der Waals surface area contributed by atoms with Crippen LogP contribution < -0.4 is 15.0 Å². The van der Waals surface area contributed by atoms with E-state index in [2.05, 4.69) is 20.3 Å². The smallest absolute Gasteiger partial charge is 0.413 e. The van der Waals surface area contributed by atoms with Crippen LogP contribution in [0.5, 0.6) is 5.75 Å². The van der Waals surface area contributed by atoms with Gasteiger partial charge in [-0.2, -0.15) is 0 Å². The van der Waals surface area contributed by atoms with E-state index in [0.29, 0.717) is 18.0 Å². The van der Waals surface area contributed by atoms with E-state index in [-0.39, 0.29) is 24.4 Å². The molecule has 1 fully saturated rings. The van der Waals surface area contributed by atoms with Gasteiger partial charge >= 0.3 is 6.09 Å². The van der Waals surface area contributed by atoms with Gasteiger partial charge in [-0.1, -0.05) is 17.3 Å². The Hall–Kier alpha value is -3.62. The average Bonchev–Trinajstić information content (AvgIpc) is 2.73. The Balaban J connectivity index is 1.75. The predicted octanol–water partition coefficient (Wildman–Crippen LogP) is 2.06. The number of aromatic nitrogens is 1. The lowest BCUT2D eigenvalue weighted by atomic mass is 9.85. The summed E-state index contributed by atoms with van der Waals surface area (Å²) in [6.45, 7) is 0.142. The van der Waals surface area contributed by atoms with Gasteiger partial charge in [-0.25, -0.2) is 9.78 Å². The van der Waals surface area contributed by atoms with Gasteiger partial charge in [0, 0.05) is 6.20 Å². The molecule has 1 aromatic heterocycles. The first-order valence-electron chi connectivity index (χ1n) is 8.97. The molecule has 1 saturated heterocycles. The van der Waals surface area contributed by atoms with Crippen molar-refractivity contribution in [3.05, 3.63) is 53.7 Å². The maximum absolute atomic E-state index is 11.9. The number of rotatable bonds is 8. The fourth-order valence-electron chi connectivity index (χ4n) is 3.08. The second kappa shape index (κ2) is 9.05. The number of carboxylic acid groups (broad SMARTS) is 1. The molecule has 0 aliphatic carbocycles. The van der Waals surface area contributed by atoms with Gasteiger partial charge < -0.3 is 20.0 Å². The summed E-state index contributed by atoms with van der Waals surface area (Å²) in [7, 11) is 3.01. The highest BCUT2D eigenvalue weighted by atomic mass is 16.6. The van der Waals surface area contributed by atoms with Crippen LogP contribution in [0.4, 0.5) is 10.6 Å². The Kier molecular flexibility index (Phi) is 6.28. The third kappa shape index (κ3) is 4.81. The molecular weight excluding hydrogens is 376 g/mol. The zero-order chi connectivity index (χ0) is 20.8. The number of hydrogen-bond donors (Lipinski definition) is 2. The van der Waals surface area contributed by atoms with Crippen molar-refractivity contribution in [2.75, 3.05) is 19.1 Å². The van der Waals surface area contributed by atoms with E-state index < -0.39 is 6.09 Å². The molecule has 152 valence electrons. The van der Waals surface area contributed by atoms with Crippen molar-refractivity contribution in [1.29, 1.82) is 0 Å². The number of methoxy groups -OCH3 is 1. The van der Waals surface area contributed by atoms with Crippen LogP contribution in [-0.2, 0) is 22.6 Å². The highest BCUT2D eigenvalue weighted by Crippen LogP contribution is 2.23. The fourth-order valence-corrected chi connectivity index (χ4v) is 3.08. The number of β-lactam (4-membered cyclic amide) rings is 1. The lowest BCUT2D eigenvalue weighted by Crippen LogP contribution is -2.59. The lowest BCUT2D eigenvalue weighted by molar-refractivity contribution is -0.132. The molecule has 1 aliphatic heterocycles. The minimum absolute atomic E-state index is 0.0794. The zero-order valence-corrected chi connectivity index (χ0v) is 16.1. The quantitative estimate of drug-likeness (QED) is 0.400. The zero-order valence-electron chi connectivity index (χ0n) is 16.1. The monoisotopic (exact) mass is 398 g/mol. The largest absolute Gasteiger partial charge is 0.497 e. The topological polar surface area (TPSA) is 113 Å². The SMILES string of the molecule is CON=CC1NC(=O)C1Cc1ccnc(N(Cc2ccc(OC)cc2)C(=O)O)c1. The first kappa shape index (κ1) is 20.1. The van der Waals surface area contributed by atoms with E-state index in [1.54, 1.807) is 55.9 Å². The first-order valence-corrected chi connectivity index (χ1v) is 8.97. The molecule has 2 heterocycles. The molecule has 2 atom stereocenters. The van der Waals surface area contributed by atoms with Crippen LogP contribution in [0.2, 0.25) is 0 Å². The minimum Gasteiger partial charge on any atom is -0.497 e. The Morgan fingerprint density at radius 2 is 2.03 bits per heavy atom. The van der Waals surface area contributed by atoms with Crippen LogP contribution in [0, 0.1) is 5.92 Å². The van der Waals surface area contributed by atoms with Crippen molar-refractivity contribution < 1.29 is 24.3 Å². The number of carbonyl (C=O) groups excluding carboxylic acids is 1. The normalized spacial score (nSPS) is 18.1. The number of pyridine rings is 1. The van der Waals surface area contributed by atoms with Gasteiger partial charge in [0.1, 0.15) is 18.7 Å². The Labute approximate surface area is 167 Å². The van der Waals surface area contributed by atoms with Crippen molar-refractivity contribution in [2.24, 2.45) is 11.1 Å². The Morgan fingerprint density at radius 1 is 1.28 bits per heavy atom. The highest BCUT2D eigenvalue weighted by molar-refractivity contribution is 5.94. The molecule has 0 spiro atoms. The van der Waals surface area contributed by atoms with Gasteiger partial charge in [0.05, 0.1) is 31.8 Å². The molecule has 9 nitrogen and oxygen atoms in total. The molecule has 29 heavy (non-hydrogen) atoms. The second-order valence-corrected chi connectivity index (χ2v) is 6.52. The van der Waals surface area contributed by atoms with Crippen molar-refractivity contribution in [3.8, 4) is 5.75 Å². The number of amides is 2. The number of nitrogens with zero attached hydrogens (tertiary/aromatic N) is 3. The van der Waals surface area contributed by atoms with Gasteiger partial charge in [0.2, 0.25) is 5.91 Å². The molecule has 2 aromatic rings. The summed E-state index contributed by atoms with van der Waals surface area (Å²) in [6, 6.07) is 10.4. The fraction of sp³-hybridized carbons (Fsp3) is 0.300. The number of ether oxygens (including phenoxy) is 1. The summed E-state index contributed by atoms with van der Waals surface area (Å²) in [5.74, 6) is 0.627. The third-order valence-corrected chi connectivity index (χ3v) is 4.68. The maximum Gasteiger partial charge on any atom is 0.413 e. The third-order valence-electron chi connectivity index (χ3n) is 4.68. The molecule has 0 bridgehead atoms. The van der Waals surface area contributed by atoms with E-state index in [1.165, 1.54) is 7.11 Å². The predicted molar refractivity (Wildman–Crippen MR) is 106 cm³/mol. The highest BCUT2D eigenvalue weighted by Gasteiger charge is 2.38.